The Hall–Kier alpha value is -6.10. The molecule has 16 heteroatoms. The van der Waals surface area contributed by atoms with E-state index in [2.05, 4.69) is 25.3 Å². The summed E-state index contributed by atoms with van der Waals surface area (Å²) in [6.45, 7) is 5.10. The van der Waals surface area contributed by atoms with Gasteiger partial charge in [-0.05, 0) is 0 Å². The summed E-state index contributed by atoms with van der Waals surface area (Å²) in [5.74, 6) is -0.579. The van der Waals surface area contributed by atoms with Crippen molar-refractivity contribution in [2.45, 2.75) is 33.5 Å². The minimum Gasteiger partial charge on any atom is -1.00 e. The molecule has 0 unspecified atom stereocenters. The van der Waals surface area contributed by atoms with E-state index >= 15 is 0 Å². The quantitative estimate of drug-likeness (QED) is 0.160. The van der Waals surface area contributed by atoms with Crippen molar-refractivity contribution in [1.82, 2.24) is 34.7 Å². The number of methoxy groups -OCH3 is 2. The zero-order valence-corrected chi connectivity index (χ0v) is 32.8. The maximum atomic E-state index is 13.3. The van der Waals surface area contributed by atoms with Crippen LogP contribution in [0.1, 0.15) is 77.0 Å². The van der Waals surface area contributed by atoms with Gasteiger partial charge in [0, 0.05) is 81.7 Å². The fourth-order valence-electron chi connectivity index (χ4n) is 6.54. The molecule has 288 valence electrons. The molecule has 3 heterocycles. The van der Waals surface area contributed by atoms with Gasteiger partial charge in [-0.1, -0.05) is 48.5 Å². The Morgan fingerprint density at radius 1 is 0.768 bits per heavy atom. The van der Waals surface area contributed by atoms with Crippen molar-refractivity contribution in [3.63, 3.8) is 0 Å². The smallest absolute Gasteiger partial charge is 0.254 e. The molecule has 2 aromatic carbocycles. The van der Waals surface area contributed by atoms with Crippen molar-refractivity contribution in [3.05, 3.63) is 148 Å². The van der Waals surface area contributed by atoms with Gasteiger partial charge < -0.3 is 36.7 Å². The number of halogens is 1. The van der Waals surface area contributed by atoms with Crippen molar-refractivity contribution in [1.29, 1.82) is 0 Å². The zero-order valence-electron chi connectivity index (χ0n) is 31.2. The Labute approximate surface area is 333 Å². The van der Waals surface area contributed by atoms with Crippen molar-refractivity contribution in [2.24, 2.45) is 0 Å². The standard InChI is InChI=1S/C20H20N4O4.C20H19N4O3.BrH/c1-13(25)24(9-10-28-2)18-17(23-12-14-11-21-7-8-22-14)19(26)15-5-3-4-6-16(15)20(18)27;1-13-23(9-10-27-2)17-18(24(13)12-14-11-21-7-8-22-14)20(26)16-6-4-3-5-15(16)19(17)25;/h3-8,11,23H,9-10,12H2,1-2H3;3-8,11H,9-10,12H2,1-2H3;1H/q;+1;/p-1. The Morgan fingerprint density at radius 3 is 1.88 bits per heavy atom. The van der Waals surface area contributed by atoms with Crippen molar-refractivity contribution in [2.75, 3.05) is 34.0 Å². The van der Waals surface area contributed by atoms with Gasteiger partial charge in [0.15, 0.2) is 0 Å². The summed E-state index contributed by atoms with van der Waals surface area (Å²) in [5.41, 5.74) is 3.68. The summed E-state index contributed by atoms with van der Waals surface area (Å²) in [4.78, 5) is 82.8. The van der Waals surface area contributed by atoms with Crippen LogP contribution in [0.25, 0.3) is 0 Å². The molecule has 0 radical (unpaired) electrons. The van der Waals surface area contributed by atoms with Crippen molar-refractivity contribution >= 4 is 29.0 Å². The molecule has 3 aromatic heterocycles. The van der Waals surface area contributed by atoms with Crippen molar-refractivity contribution < 1.29 is 55.0 Å². The molecule has 2 aliphatic rings. The van der Waals surface area contributed by atoms with Crippen LogP contribution in [0.3, 0.4) is 0 Å². The van der Waals surface area contributed by atoms with Gasteiger partial charge >= 0.3 is 0 Å². The Bertz CT molecular complexity index is 2310. The van der Waals surface area contributed by atoms with Crippen molar-refractivity contribution in [3.8, 4) is 0 Å². The summed E-state index contributed by atoms with van der Waals surface area (Å²) < 4.78 is 14.0. The molecule has 0 atom stereocenters. The fourth-order valence-corrected chi connectivity index (χ4v) is 6.54. The lowest BCUT2D eigenvalue weighted by atomic mass is 9.89. The lowest BCUT2D eigenvalue weighted by Gasteiger charge is -2.29. The molecule has 0 aliphatic heterocycles. The van der Waals surface area contributed by atoms with Gasteiger partial charge in [-0.25, -0.2) is 9.13 Å². The highest BCUT2D eigenvalue weighted by Gasteiger charge is 2.43. The molecule has 0 saturated heterocycles. The van der Waals surface area contributed by atoms with Gasteiger partial charge in [0.2, 0.25) is 40.4 Å². The second-order valence-electron chi connectivity index (χ2n) is 12.5. The SMILES string of the molecule is COCCN(C(C)=O)C1=C(NCc2cnccn2)C(=O)c2ccccc2C1=O.COCCn1c2c([n+](Cc3cnccn3)c1C)C(=O)c1ccccc1C2=O.[Br-]. The average molecular weight is 824 g/mol. The van der Waals surface area contributed by atoms with E-state index in [9.17, 15) is 24.0 Å². The molecule has 2 aliphatic carbocycles. The number of carbonyl (C=O) groups is 5. The van der Waals surface area contributed by atoms with E-state index in [0.29, 0.717) is 53.5 Å². The second-order valence-corrected chi connectivity index (χ2v) is 12.5. The van der Waals surface area contributed by atoms with E-state index in [1.54, 1.807) is 86.6 Å². The number of imidazole rings is 1. The molecule has 56 heavy (non-hydrogen) atoms. The summed E-state index contributed by atoms with van der Waals surface area (Å²) in [6, 6.07) is 13.5. The normalized spacial score (nSPS) is 12.9. The molecule has 0 fully saturated rings. The number of fused-ring (bicyclic) bond motifs is 3. The molecule has 1 N–H and O–H groups in total. The van der Waals surface area contributed by atoms with Gasteiger partial charge in [0.1, 0.15) is 30.2 Å². The molecule has 0 bridgehead atoms. The third kappa shape index (κ3) is 8.27. The maximum Gasteiger partial charge on any atom is 0.254 e. The van der Waals surface area contributed by atoms with Gasteiger partial charge in [-0.15, -0.1) is 0 Å². The minimum atomic E-state index is -0.386. The molecule has 5 aromatic rings. The van der Waals surface area contributed by atoms with E-state index in [-0.39, 0.29) is 82.7 Å². The summed E-state index contributed by atoms with van der Waals surface area (Å²) >= 11 is 0. The van der Waals surface area contributed by atoms with E-state index < -0.39 is 0 Å². The zero-order chi connectivity index (χ0) is 39.1. The predicted molar refractivity (Wildman–Crippen MR) is 196 cm³/mol. The fraction of sp³-hybridized carbons (Fsp3) is 0.250. The Balaban J connectivity index is 0.000000211. The number of ether oxygens (including phenoxy) is 2. The number of rotatable bonds is 12. The van der Waals surface area contributed by atoms with Crippen LogP contribution in [-0.4, -0.2) is 92.4 Å². The van der Waals surface area contributed by atoms with Crippen LogP contribution < -0.4 is 26.9 Å². The Kier molecular flexibility index (Phi) is 13.6. The lowest BCUT2D eigenvalue weighted by Crippen LogP contribution is -3.00. The number of nitrogens with zero attached hydrogens (tertiary/aromatic N) is 7. The number of Topliss-reactive ketones (excluding diaryl/α,β-unsaturated/α-hetero) is 2. The third-order valence-corrected chi connectivity index (χ3v) is 9.17. The maximum absolute atomic E-state index is 13.3. The van der Waals surface area contributed by atoms with Crippen LogP contribution in [0.5, 0.6) is 0 Å². The number of allylic oxidation sites excluding steroid dienone is 2. The number of benzene rings is 2. The number of amides is 1. The number of aromatic nitrogens is 6. The second kappa shape index (κ2) is 18.5. The van der Waals surface area contributed by atoms with E-state index in [4.69, 9.17) is 9.47 Å². The molecule has 0 spiro atoms. The summed E-state index contributed by atoms with van der Waals surface area (Å²) in [6.07, 6.45) is 9.52. The summed E-state index contributed by atoms with van der Waals surface area (Å²) in [5, 5.41) is 2.99. The first-order chi connectivity index (χ1) is 26.7. The summed E-state index contributed by atoms with van der Waals surface area (Å²) in [7, 11) is 3.12. The Morgan fingerprint density at radius 2 is 1.32 bits per heavy atom. The number of hydrogen-bond acceptors (Lipinski definition) is 12. The first-order valence-electron chi connectivity index (χ1n) is 17.4. The minimum absolute atomic E-state index is 0. The van der Waals surface area contributed by atoms with Crippen LogP contribution in [0, 0.1) is 6.92 Å². The molecule has 1 amide bonds. The molecular formula is C40H39BrN8O7. The van der Waals surface area contributed by atoms with Gasteiger partial charge in [-0.2, -0.15) is 0 Å². The van der Waals surface area contributed by atoms with Crippen LogP contribution in [0.2, 0.25) is 0 Å². The molecule has 0 saturated carbocycles. The monoisotopic (exact) mass is 822 g/mol. The van der Waals surface area contributed by atoms with Crippen LogP contribution >= 0.6 is 0 Å². The highest BCUT2D eigenvalue weighted by atomic mass is 79.9. The van der Waals surface area contributed by atoms with Crippen LogP contribution in [0.4, 0.5) is 0 Å². The van der Waals surface area contributed by atoms with E-state index in [1.807, 2.05) is 16.1 Å². The van der Waals surface area contributed by atoms with Gasteiger partial charge in [0.25, 0.3) is 5.82 Å². The van der Waals surface area contributed by atoms with Crippen LogP contribution in [0.15, 0.2) is 97.1 Å². The topological polar surface area (TPSA) is 179 Å². The molecule has 7 rings (SSSR count). The lowest BCUT2D eigenvalue weighted by molar-refractivity contribution is -0.696. The highest BCUT2D eigenvalue weighted by Crippen LogP contribution is 2.29. The number of ketones is 4. The molecule has 15 nitrogen and oxygen atoms in total. The largest absolute Gasteiger partial charge is 1.00 e. The first-order valence-corrected chi connectivity index (χ1v) is 17.4. The van der Waals surface area contributed by atoms with E-state index in [1.165, 1.54) is 25.1 Å². The average Bonchev–Trinajstić information content (AvgIpc) is 3.48. The van der Waals surface area contributed by atoms with Gasteiger partial charge in [0.05, 0.1) is 37.8 Å². The third-order valence-electron chi connectivity index (χ3n) is 9.17. The van der Waals surface area contributed by atoms with E-state index in [0.717, 1.165) is 11.5 Å². The van der Waals surface area contributed by atoms with Gasteiger partial charge in [-0.3, -0.25) is 43.9 Å². The highest BCUT2D eigenvalue weighted by molar-refractivity contribution is 6.27. The molecular weight excluding hydrogens is 784 g/mol. The number of carbonyl (C=O) groups excluding carboxylic acids is 5. The number of nitrogens with one attached hydrogen (secondary N) is 1. The van der Waals surface area contributed by atoms with Crippen LogP contribution in [-0.2, 0) is 33.9 Å². The number of hydrogen-bond donors (Lipinski definition) is 1. The predicted octanol–water partition coefficient (Wildman–Crippen LogP) is -0.300. The first kappa shape index (κ1) is 41.1.